The molecule has 0 unspecified atom stereocenters. The Morgan fingerprint density at radius 2 is 1.91 bits per heavy atom. The standard InChI is InChI=1S/C17H14ClFO4/c1-10(20)11-3-6-16(22-2)12(7-11)9-23-17(21)14-8-13(18)4-5-15(14)19/h3-8H,9H2,1-2H3. The van der Waals surface area contributed by atoms with Gasteiger partial charge in [0.25, 0.3) is 0 Å². The minimum Gasteiger partial charge on any atom is -0.496 e. The molecule has 0 spiro atoms. The molecule has 0 amide bonds. The lowest BCUT2D eigenvalue weighted by Crippen LogP contribution is -2.09. The summed E-state index contributed by atoms with van der Waals surface area (Å²) in [4.78, 5) is 23.4. The van der Waals surface area contributed by atoms with Crippen molar-refractivity contribution in [2.45, 2.75) is 13.5 Å². The number of esters is 1. The molecule has 2 rings (SSSR count). The van der Waals surface area contributed by atoms with E-state index in [1.807, 2.05) is 0 Å². The number of hydrogen-bond acceptors (Lipinski definition) is 4. The van der Waals surface area contributed by atoms with Gasteiger partial charge in [-0.05, 0) is 43.3 Å². The number of hydrogen-bond donors (Lipinski definition) is 0. The van der Waals surface area contributed by atoms with Gasteiger partial charge in [-0.3, -0.25) is 4.79 Å². The summed E-state index contributed by atoms with van der Waals surface area (Å²) in [5.41, 5.74) is 0.723. The molecule has 0 saturated carbocycles. The fourth-order valence-corrected chi connectivity index (χ4v) is 2.16. The summed E-state index contributed by atoms with van der Waals surface area (Å²) in [7, 11) is 1.46. The van der Waals surface area contributed by atoms with Crippen molar-refractivity contribution in [1.82, 2.24) is 0 Å². The van der Waals surface area contributed by atoms with Crippen LogP contribution in [0.1, 0.15) is 33.2 Å². The number of methoxy groups -OCH3 is 1. The van der Waals surface area contributed by atoms with E-state index >= 15 is 0 Å². The van der Waals surface area contributed by atoms with Crippen LogP contribution in [0.15, 0.2) is 36.4 Å². The lowest BCUT2D eigenvalue weighted by atomic mass is 10.1. The van der Waals surface area contributed by atoms with E-state index < -0.39 is 11.8 Å². The quantitative estimate of drug-likeness (QED) is 0.610. The van der Waals surface area contributed by atoms with Gasteiger partial charge in [0, 0.05) is 16.1 Å². The Kier molecular flexibility index (Phi) is 5.34. The van der Waals surface area contributed by atoms with Gasteiger partial charge in [0.1, 0.15) is 18.2 Å². The minimum absolute atomic E-state index is 0.124. The first kappa shape index (κ1) is 17.0. The maximum atomic E-state index is 13.6. The van der Waals surface area contributed by atoms with E-state index in [-0.39, 0.29) is 23.0 Å². The SMILES string of the molecule is COc1ccc(C(C)=O)cc1COC(=O)c1cc(Cl)ccc1F. The van der Waals surface area contributed by atoms with E-state index in [4.69, 9.17) is 21.1 Å². The van der Waals surface area contributed by atoms with Gasteiger partial charge in [-0.15, -0.1) is 0 Å². The van der Waals surface area contributed by atoms with Crippen LogP contribution < -0.4 is 4.74 Å². The van der Waals surface area contributed by atoms with Crippen molar-refractivity contribution in [1.29, 1.82) is 0 Å². The molecule has 0 bridgehead atoms. The Morgan fingerprint density at radius 3 is 2.57 bits per heavy atom. The van der Waals surface area contributed by atoms with E-state index in [0.29, 0.717) is 16.9 Å². The van der Waals surface area contributed by atoms with Gasteiger partial charge in [0.15, 0.2) is 5.78 Å². The molecular formula is C17H14ClFO4. The number of rotatable bonds is 5. The summed E-state index contributed by atoms with van der Waals surface area (Å²) in [5.74, 6) is -1.22. The monoisotopic (exact) mass is 336 g/mol. The molecule has 0 aliphatic carbocycles. The Bertz CT molecular complexity index is 758. The van der Waals surface area contributed by atoms with E-state index in [1.54, 1.807) is 18.2 Å². The first-order chi connectivity index (χ1) is 10.9. The van der Waals surface area contributed by atoms with Crippen LogP contribution in [0.3, 0.4) is 0 Å². The Hall–Kier alpha value is -2.40. The molecule has 0 aromatic heterocycles. The number of carbonyl (C=O) groups excluding carboxylic acids is 2. The Morgan fingerprint density at radius 1 is 1.17 bits per heavy atom. The van der Waals surface area contributed by atoms with Crippen LogP contribution in [0.25, 0.3) is 0 Å². The minimum atomic E-state index is -0.847. The van der Waals surface area contributed by atoms with E-state index in [1.165, 1.54) is 26.2 Å². The summed E-state index contributed by atoms with van der Waals surface area (Å²) in [6.45, 7) is 1.27. The lowest BCUT2D eigenvalue weighted by Gasteiger charge is -2.11. The molecule has 0 aliphatic heterocycles. The lowest BCUT2D eigenvalue weighted by molar-refractivity contribution is 0.0465. The van der Waals surface area contributed by atoms with Gasteiger partial charge in [0.05, 0.1) is 12.7 Å². The normalized spacial score (nSPS) is 10.3. The first-order valence-electron chi connectivity index (χ1n) is 6.72. The number of halogens is 2. The van der Waals surface area contributed by atoms with Gasteiger partial charge in [-0.2, -0.15) is 0 Å². The van der Waals surface area contributed by atoms with Crippen LogP contribution in [-0.2, 0) is 11.3 Å². The third-order valence-corrected chi connectivity index (χ3v) is 3.43. The predicted molar refractivity (Wildman–Crippen MR) is 83.5 cm³/mol. The molecule has 0 heterocycles. The third kappa shape index (κ3) is 4.07. The van der Waals surface area contributed by atoms with Gasteiger partial charge in [0.2, 0.25) is 0 Å². The molecular weight excluding hydrogens is 323 g/mol. The van der Waals surface area contributed by atoms with E-state index in [0.717, 1.165) is 6.07 Å². The predicted octanol–water partition coefficient (Wildman–Crippen LogP) is 4.05. The molecule has 0 atom stereocenters. The second-order valence-electron chi connectivity index (χ2n) is 4.78. The zero-order chi connectivity index (χ0) is 17.0. The van der Waals surface area contributed by atoms with Crippen molar-refractivity contribution < 1.29 is 23.5 Å². The van der Waals surface area contributed by atoms with Gasteiger partial charge in [-0.1, -0.05) is 11.6 Å². The summed E-state index contributed by atoms with van der Waals surface area (Å²) in [6.07, 6.45) is 0. The number of Topliss-reactive ketones (excluding diaryl/α,β-unsaturated/α-hetero) is 1. The molecule has 0 radical (unpaired) electrons. The molecule has 120 valence electrons. The van der Waals surface area contributed by atoms with E-state index in [9.17, 15) is 14.0 Å². The fourth-order valence-electron chi connectivity index (χ4n) is 1.99. The summed E-state index contributed by atoms with van der Waals surface area (Å²) in [6, 6.07) is 8.43. The molecule has 0 N–H and O–H groups in total. The summed E-state index contributed by atoms with van der Waals surface area (Å²) in [5, 5.41) is 0.231. The molecule has 23 heavy (non-hydrogen) atoms. The van der Waals surface area contributed by atoms with Crippen LogP contribution >= 0.6 is 11.6 Å². The van der Waals surface area contributed by atoms with Crippen molar-refractivity contribution >= 4 is 23.4 Å². The molecule has 2 aromatic rings. The topological polar surface area (TPSA) is 52.6 Å². The average molecular weight is 337 g/mol. The van der Waals surface area contributed by atoms with Crippen LogP contribution in [-0.4, -0.2) is 18.9 Å². The number of carbonyl (C=O) groups is 2. The molecule has 0 fully saturated rings. The second kappa shape index (κ2) is 7.24. The number of ether oxygens (including phenoxy) is 2. The van der Waals surface area contributed by atoms with Crippen LogP contribution in [0, 0.1) is 5.82 Å². The second-order valence-corrected chi connectivity index (χ2v) is 5.22. The first-order valence-corrected chi connectivity index (χ1v) is 7.10. The highest BCUT2D eigenvalue weighted by Crippen LogP contribution is 2.22. The zero-order valence-corrected chi connectivity index (χ0v) is 13.3. The van der Waals surface area contributed by atoms with Gasteiger partial charge >= 0.3 is 5.97 Å². The highest BCUT2D eigenvalue weighted by molar-refractivity contribution is 6.30. The van der Waals surface area contributed by atoms with Crippen LogP contribution in [0.5, 0.6) is 5.75 Å². The van der Waals surface area contributed by atoms with Crippen molar-refractivity contribution in [3.05, 3.63) is 63.9 Å². The highest BCUT2D eigenvalue weighted by Gasteiger charge is 2.15. The number of benzene rings is 2. The molecule has 4 nitrogen and oxygen atoms in total. The smallest absolute Gasteiger partial charge is 0.341 e. The summed E-state index contributed by atoms with van der Waals surface area (Å²) >= 11 is 5.75. The highest BCUT2D eigenvalue weighted by atomic mass is 35.5. The maximum absolute atomic E-state index is 13.6. The largest absolute Gasteiger partial charge is 0.496 e. The van der Waals surface area contributed by atoms with Crippen molar-refractivity contribution in [2.75, 3.05) is 7.11 Å². The number of ketones is 1. The van der Waals surface area contributed by atoms with Crippen LogP contribution in [0.2, 0.25) is 5.02 Å². The molecule has 0 aliphatic rings. The maximum Gasteiger partial charge on any atom is 0.341 e. The fraction of sp³-hybridized carbons (Fsp3) is 0.176. The Balaban J connectivity index is 2.19. The zero-order valence-electron chi connectivity index (χ0n) is 12.6. The van der Waals surface area contributed by atoms with Crippen LogP contribution in [0.4, 0.5) is 4.39 Å². The average Bonchev–Trinajstić information content (AvgIpc) is 2.54. The molecule has 0 saturated heterocycles. The van der Waals surface area contributed by atoms with E-state index in [2.05, 4.69) is 0 Å². The van der Waals surface area contributed by atoms with Gasteiger partial charge in [-0.25, -0.2) is 9.18 Å². The summed E-state index contributed by atoms with van der Waals surface area (Å²) < 4.78 is 23.9. The van der Waals surface area contributed by atoms with Gasteiger partial charge < -0.3 is 9.47 Å². The van der Waals surface area contributed by atoms with Crippen molar-refractivity contribution in [2.24, 2.45) is 0 Å². The van der Waals surface area contributed by atoms with Crippen molar-refractivity contribution in [3.63, 3.8) is 0 Å². The third-order valence-electron chi connectivity index (χ3n) is 3.19. The Labute approximate surface area is 137 Å². The van der Waals surface area contributed by atoms with Crippen molar-refractivity contribution in [3.8, 4) is 5.75 Å². The molecule has 6 heteroatoms. The molecule has 2 aromatic carbocycles.